The average molecular weight is 365 g/mol. The molecule has 0 aliphatic carbocycles. The van der Waals surface area contributed by atoms with Crippen molar-refractivity contribution >= 4 is 29.5 Å². The van der Waals surface area contributed by atoms with Crippen LogP contribution in [0.5, 0.6) is 0 Å². The average Bonchev–Trinajstić information content (AvgIpc) is 3.01. The van der Waals surface area contributed by atoms with E-state index in [1.54, 1.807) is 15.9 Å². The minimum absolute atomic E-state index is 0.0611. The second-order valence-corrected chi connectivity index (χ2v) is 8.47. The molecule has 2 saturated heterocycles. The van der Waals surface area contributed by atoms with E-state index in [2.05, 4.69) is 5.32 Å². The summed E-state index contributed by atoms with van der Waals surface area (Å²) in [5, 5.41) is 2.84. The first kappa shape index (κ1) is 17.8. The fourth-order valence-electron chi connectivity index (χ4n) is 2.99. The third kappa shape index (κ3) is 3.84. The van der Waals surface area contributed by atoms with Crippen molar-refractivity contribution in [1.29, 1.82) is 0 Å². The molecule has 1 N–H and O–H groups in total. The van der Waals surface area contributed by atoms with Gasteiger partial charge in [-0.1, -0.05) is 0 Å². The molecular formula is C17H23N3O4S. The minimum Gasteiger partial charge on any atom is -0.472 e. The first-order valence-corrected chi connectivity index (χ1v) is 9.42. The molecule has 3 amide bonds. The van der Waals surface area contributed by atoms with Crippen LogP contribution < -0.4 is 5.32 Å². The second kappa shape index (κ2) is 7.11. The molecule has 0 spiro atoms. The number of carbonyl (C=O) groups excluding carboxylic acids is 3. The highest BCUT2D eigenvalue weighted by Gasteiger charge is 2.39. The van der Waals surface area contributed by atoms with Crippen LogP contribution in [0.2, 0.25) is 0 Å². The Bertz CT molecular complexity index is 659. The second-order valence-electron chi connectivity index (χ2n) is 6.83. The number of hydrogen-bond donors (Lipinski definition) is 1. The van der Waals surface area contributed by atoms with Crippen molar-refractivity contribution in [2.24, 2.45) is 0 Å². The fourth-order valence-corrected chi connectivity index (χ4v) is 3.99. The van der Waals surface area contributed by atoms with Gasteiger partial charge in [0.1, 0.15) is 12.3 Å². The molecule has 3 heterocycles. The van der Waals surface area contributed by atoms with Gasteiger partial charge < -0.3 is 19.5 Å². The Morgan fingerprint density at radius 2 is 1.96 bits per heavy atom. The van der Waals surface area contributed by atoms with Gasteiger partial charge in [0.2, 0.25) is 11.8 Å². The number of nitrogens with zero attached hydrogens (tertiary/aromatic N) is 2. The van der Waals surface area contributed by atoms with E-state index in [-0.39, 0.29) is 17.7 Å². The molecule has 2 aliphatic rings. The predicted octanol–water partition coefficient (Wildman–Crippen LogP) is 0.964. The summed E-state index contributed by atoms with van der Waals surface area (Å²) in [6, 6.07) is 1.16. The zero-order chi connectivity index (χ0) is 18.0. The highest BCUT2D eigenvalue weighted by molar-refractivity contribution is 8.01. The summed E-state index contributed by atoms with van der Waals surface area (Å²) in [6.45, 7) is 5.87. The van der Waals surface area contributed by atoms with Crippen LogP contribution >= 0.6 is 11.8 Å². The van der Waals surface area contributed by atoms with E-state index in [1.807, 2.05) is 13.8 Å². The first-order chi connectivity index (χ1) is 11.9. The van der Waals surface area contributed by atoms with Gasteiger partial charge in [-0.05, 0) is 26.3 Å². The van der Waals surface area contributed by atoms with Crippen LogP contribution in [0.15, 0.2) is 23.0 Å². The maximum Gasteiger partial charge on any atom is 0.257 e. The molecule has 0 saturated carbocycles. The number of rotatable bonds is 2. The Morgan fingerprint density at radius 3 is 2.64 bits per heavy atom. The van der Waals surface area contributed by atoms with Crippen molar-refractivity contribution in [1.82, 2.24) is 15.1 Å². The van der Waals surface area contributed by atoms with Gasteiger partial charge in [0, 0.05) is 31.9 Å². The molecule has 2 aliphatic heterocycles. The lowest BCUT2D eigenvalue weighted by Gasteiger charge is -2.35. The third-order valence-corrected chi connectivity index (χ3v) is 6.03. The Labute approximate surface area is 151 Å². The molecule has 7 nitrogen and oxygen atoms in total. The fraction of sp³-hybridized carbons (Fsp3) is 0.588. The van der Waals surface area contributed by atoms with Crippen LogP contribution in [0.3, 0.4) is 0 Å². The van der Waals surface area contributed by atoms with Crippen LogP contribution in [0.25, 0.3) is 0 Å². The number of furan rings is 1. The molecule has 1 aromatic rings. The molecule has 25 heavy (non-hydrogen) atoms. The van der Waals surface area contributed by atoms with Crippen LogP contribution in [0.4, 0.5) is 0 Å². The summed E-state index contributed by atoms with van der Waals surface area (Å²) >= 11 is 1.50. The van der Waals surface area contributed by atoms with E-state index in [1.165, 1.54) is 24.3 Å². The summed E-state index contributed by atoms with van der Waals surface area (Å²) in [4.78, 5) is 40.7. The summed E-state index contributed by atoms with van der Waals surface area (Å²) < 4.78 is 4.47. The van der Waals surface area contributed by atoms with Crippen LogP contribution in [0, 0.1) is 0 Å². The molecule has 1 aromatic heterocycles. The Morgan fingerprint density at radius 1 is 1.24 bits per heavy atom. The lowest BCUT2D eigenvalue weighted by atomic mass is 10.1. The maximum atomic E-state index is 12.7. The van der Waals surface area contributed by atoms with Gasteiger partial charge in [0.15, 0.2) is 0 Å². The van der Waals surface area contributed by atoms with E-state index in [9.17, 15) is 14.4 Å². The van der Waals surface area contributed by atoms with E-state index in [0.29, 0.717) is 43.9 Å². The van der Waals surface area contributed by atoms with E-state index >= 15 is 0 Å². The summed E-state index contributed by atoms with van der Waals surface area (Å²) in [5.41, 5.74) is 0.526. The monoisotopic (exact) mass is 365 g/mol. The predicted molar refractivity (Wildman–Crippen MR) is 94.3 cm³/mol. The first-order valence-electron chi connectivity index (χ1n) is 8.43. The van der Waals surface area contributed by atoms with E-state index in [0.717, 1.165) is 0 Å². The highest BCUT2D eigenvalue weighted by atomic mass is 32.2. The van der Waals surface area contributed by atoms with Gasteiger partial charge in [-0.2, -0.15) is 0 Å². The summed E-state index contributed by atoms with van der Waals surface area (Å²) in [6.07, 6.45) is 3.63. The SMILES string of the molecule is CC1(C)SC[C@@H](C(=O)N2CCCN(C(=O)c3ccoc3)CC2)NC1=O. The normalized spacial score (nSPS) is 23.8. The van der Waals surface area contributed by atoms with Gasteiger partial charge in [-0.25, -0.2) is 0 Å². The smallest absolute Gasteiger partial charge is 0.257 e. The van der Waals surface area contributed by atoms with Crippen molar-refractivity contribution < 1.29 is 18.8 Å². The molecule has 3 rings (SSSR count). The molecule has 1 atom stereocenters. The lowest BCUT2D eigenvalue weighted by Crippen LogP contribution is -2.58. The van der Waals surface area contributed by atoms with Crippen LogP contribution in [0.1, 0.15) is 30.6 Å². The van der Waals surface area contributed by atoms with Gasteiger partial charge in [-0.3, -0.25) is 14.4 Å². The minimum atomic E-state index is -0.497. The Kier molecular flexibility index (Phi) is 5.08. The number of carbonyl (C=O) groups is 3. The van der Waals surface area contributed by atoms with Crippen LogP contribution in [-0.4, -0.2) is 70.2 Å². The van der Waals surface area contributed by atoms with Crippen molar-refractivity contribution in [3.05, 3.63) is 24.2 Å². The molecule has 0 unspecified atom stereocenters. The quantitative estimate of drug-likeness (QED) is 0.844. The topological polar surface area (TPSA) is 82.9 Å². The van der Waals surface area contributed by atoms with Crippen molar-refractivity contribution in [3.63, 3.8) is 0 Å². The molecule has 2 fully saturated rings. The molecule has 0 radical (unpaired) electrons. The lowest BCUT2D eigenvalue weighted by molar-refractivity contribution is -0.136. The van der Waals surface area contributed by atoms with Gasteiger partial charge in [-0.15, -0.1) is 11.8 Å². The standard InChI is InChI=1S/C17H23N3O4S/c1-17(2)16(23)18-13(11-25-17)15(22)20-6-3-5-19(7-8-20)14(21)12-4-9-24-10-12/h4,9-10,13H,3,5-8,11H2,1-2H3,(H,18,23)/t13-/m0/s1. The highest BCUT2D eigenvalue weighted by Crippen LogP contribution is 2.29. The molecule has 0 aromatic carbocycles. The van der Waals surface area contributed by atoms with Crippen molar-refractivity contribution in [3.8, 4) is 0 Å². The molecule has 0 bridgehead atoms. The Balaban J connectivity index is 1.58. The molecule has 136 valence electrons. The summed E-state index contributed by atoms with van der Waals surface area (Å²) in [7, 11) is 0. The number of nitrogens with one attached hydrogen (secondary N) is 1. The zero-order valence-corrected chi connectivity index (χ0v) is 15.3. The zero-order valence-electron chi connectivity index (χ0n) is 14.5. The van der Waals surface area contributed by atoms with Crippen molar-refractivity contribution in [2.75, 3.05) is 31.9 Å². The van der Waals surface area contributed by atoms with Gasteiger partial charge in [0.05, 0.1) is 16.6 Å². The van der Waals surface area contributed by atoms with E-state index < -0.39 is 10.8 Å². The van der Waals surface area contributed by atoms with Gasteiger partial charge in [0.25, 0.3) is 5.91 Å². The largest absolute Gasteiger partial charge is 0.472 e. The van der Waals surface area contributed by atoms with E-state index in [4.69, 9.17) is 4.42 Å². The molecular weight excluding hydrogens is 342 g/mol. The van der Waals surface area contributed by atoms with Crippen molar-refractivity contribution in [2.45, 2.75) is 31.1 Å². The number of thioether (sulfide) groups is 1. The van der Waals surface area contributed by atoms with Gasteiger partial charge >= 0.3 is 0 Å². The maximum absolute atomic E-state index is 12.7. The number of amides is 3. The molecule has 8 heteroatoms. The number of hydrogen-bond acceptors (Lipinski definition) is 5. The summed E-state index contributed by atoms with van der Waals surface area (Å²) in [5.74, 6) is 0.333. The van der Waals surface area contributed by atoms with Crippen LogP contribution in [-0.2, 0) is 9.59 Å². The Hall–Kier alpha value is -1.96. The third-order valence-electron chi connectivity index (χ3n) is 4.62.